The lowest BCUT2D eigenvalue weighted by atomic mass is 10.0. The normalized spacial score (nSPS) is 12.6. The largest absolute Gasteiger partial charge is 0.467 e. The highest BCUT2D eigenvalue weighted by Gasteiger charge is 2.21. The summed E-state index contributed by atoms with van der Waals surface area (Å²) in [5, 5.41) is 6.28. The van der Waals surface area contributed by atoms with Crippen molar-refractivity contribution in [1.82, 2.24) is 4.98 Å². The van der Waals surface area contributed by atoms with Gasteiger partial charge in [0.1, 0.15) is 11.9 Å². The summed E-state index contributed by atoms with van der Waals surface area (Å²) < 4.78 is 6.01. The molecule has 1 N–H and O–H groups in total. The summed E-state index contributed by atoms with van der Waals surface area (Å²) in [6.45, 7) is 4.16. The van der Waals surface area contributed by atoms with E-state index < -0.39 is 0 Å². The molecule has 19 heavy (non-hydrogen) atoms. The molecule has 0 bridgehead atoms. The maximum Gasteiger partial charge on any atom is 0.328 e. The first-order valence-electron chi connectivity index (χ1n) is 6.28. The molecule has 0 saturated heterocycles. The number of methoxy groups -OCH3 is 1. The maximum atomic E-state index is 11.8. The number of carbonyl (C=O) groups excluding carboxylic acids is 1. The Hall–Kier alpha value is -1.62. The first-order chi connectivity index (χ1) is 9.11. The van der Waals surface area contributed by atoms with Crippen LogP contribution in [0, 0.1) is 5.92 Å². The molecule has 0 aliphatic rings. The van der Waals surface area contributed by atoms with E-state index in [-0.39, 0.29) is 12.0 Å². The van der Waals surface area contributed by atoms with E-state index in [1.165, 1.54) is 7.11 Å². The molecule has 2 heterocycles. The highest BCUT2D eigenvalue weighted by atomic mass is 32.1. The second-order valence-corrected chi connectivity index (χ2v) is 5.79. The minimum atomic E-state index is -0.358. The van der Waals surface area contributed by atoms with E-state index in [1.807, 2.05) is 17.5 Å². The Labute approximate surface area is 116 Å². The van der Waals surface area contributed by atoms with Crippen molar-refractivity contribution in [3.05, 3.63) is 23.7 Å². The number of rotatable bonds is 5. The number of thiophene rings is 1. The van der Waals surface area contributed by atoms with Gasteiger partial charge in [0.15, 0.2) is 0 Å². The Morgan fingerprint density at radius 2 is 2.26 bits per heavy atom. The molecule has 5 heteroatoms. The third-order valence-corrected chi connectivity index (χ3v) is 3.77. The van der Waals surface area contributed by atoms with Gasteiger partial charge in [-0.15, -0.1) is 11.3 Å². The van der Waals surface area contributed by atoms with Crippen LogP contribution in [-0.2, 0) is 9.53 Å². The zero-order valence-corrected chi connectivity index (χ0v) is 12.2. The van der Waals surface area contributed by atoms with Crippen LogP contribution in [0.25, 0.3) is 10.1 Å². The molecule has 0 aromatic carbocycles. The van der Waals surface area contributed by atoms with Crippen molar-refractivity contribution >= 4 is 33.2 Å². The summed E-state index contributed by atoms with van der Waals surface area (Å²) in [5.74, 6) is 0.899. The van der Waals surface area contributed by atoms with E-state index in [4.69, 9.17) is 4.74 Å². The fourth-order valence-corrected chi connectivity index (χ4v) is 2.78. The topological polar surface area (TPSA) is 51.2 Å². The third kappa shape index (κ3) is 3.23. The lowest BCUT2D eigenvalue weighted by molar-refractivity contribution is -0.141. The predicted octanol–water partition coefficient (Wildman–Crippen LogP) is 3.30. The van der Waals surface area contributed by atoms with E-state index in [0.29, 0.717) is 5.92 Å². The Kier molecular flexibility index (Phi) is 4.37. The maximum absolute atomic E-state index is 11.8. The molecule has 1 unspecified atom stereocenters. The summed E-state index contributed by atoms with van der Waals surface area (Å²) in [5.41, 5.74) is 0. The average molecular weight is 278 g/mol. The minimum Gasteiger partial charge on any atom is -0.467 e. The van der Waals surface area contributed by atoms with Gasteiger partial charge in [0.2, 0.25) is 0 Å². The van der Waals surface area contributed by atoms with Gasteiger partial charge in [-0.3, -0.25) is 0 Å². The second-order valence-electron chi connectivity index (χ2n) is 4.84. The van der Waals surface area contributed by atoms with Gasteiger partial charge >= 0.3 is 5.97 Å². The van der Waals surface area contributed by atoms with Crippen molar-refractivity contribution in [2.75, 3.05) is 12.4 Å². The van der Waals surface area contributed by atoms with Crippen LogP contribution in [0.15, 0.2) is 23.7 Å². The van der Waals surface area contributed by atoms with Crippen molar-refractivity contribution in [3.8, 4) is 0 Å². The number of esters is 1. The van der Waals surface area contributed by atoms with E-state index in [1.54, 1.807) is 17.5 Å². The summed E-state index contributed by atoms with van der Waals surface area (Å²) in [7, 11) is 1.41. The van der Waals surface area contributed by atoms with Crippen LogP contribution in [0.1, 0.15) is 20.3 Å². The van der Waals surface area contributed by atoms with E-state index in [9.17, 15) is 4.79 Å². The summed E-state index contributed by atoms with van der Waals surface area (Å²) >= 11 is 1.66. The molecular weight excluding hydrogens is 260 g/mol. The molecule has 2 aromatic heterocycles. The molecule has 4 nitrogen and oxygen atoms in total. The summed E-state index contributed by atoms with van der Waals surface area (Å²) in [4.78, 5) is 16.1. The Morgan fingerprint density at radius 3 is 2.95 bits per heavy atom. The van der Waals surface area contributed by atoms with Gasteiger partial charge in [-0.05, 0) is 29.9 Å². The van der Waals surface area contributed by atoms with Crippen LogP contribution >= 0.6 is 11.3 Å². The average Bonchev–Trinajstić information content (AvgIpc) is 2.85. The molecule has 2 aromatic rings. The number of aromatic nitrogens is 1. The summed E-state index contributed by atoms with van der Waals surface area (Å²) in [6.07, 6.45) is 2.47. The molecular formula is C14H18N2O2S. The van der Waals surface area contributed by atoms with Gasteiger partial charge in [-0.25, -0.2) is 9.78 Å². The minimum absolute atomic E-state index is 0.247. The third-order valence-electron chi connectivity index (χ3n) is 2.88. The zero-order valence-electron chi connectivity index (χ0n) is 11.3. The number of anilines is 1. The quantitative estimate of drug-likeness (QED) is 0.853. The van der Waals surface area contributed by atoms with Gasteiger partial charge < -0.3 is 10.1 Å². The van der Waals surface area contributed by atoms with Crippen LogP contribution < -0.4 is 5.32 Å². The van der Waals surface area contributed by atoms with Gasteiger partial charge in [-0.1, -0.05) is 13.8 Å². The van der Waals surface area contributed by atoms with Crippen LogP contribution in [0.4, 0.5) is 5.82 Å². The Balaban J connectivity index is 2.25. The lowest BCUT2D eigenvalue weighted by Gasteiger charge is -2.19. The molecule has 0 aliphatic heterocycles. The number of nitrogens with zero attached hydrogens (tertiary/aromatic N) is 1. The van der Waals surface area contributed by atoms with Crippen molar-refractivity contribution in [2.24, 2.45) is 5.92 Å². The standard InChI is InChI=1S/C14H18N2O2S/c1-9(2)8-11(14(17)18-3)16-13-10-5-7-19-12(10)4-6-15-13/h4-7,9,11H,8H2,1-3H3,(H,15,16). The highest BCUT2D eigenvalue weighted by molar-refractivity contribution is 7.17. The lowest BCUT2D eigenvalue weighted by Crippen LogP contribution is -2.32. The molecule has 0 amide bonds. The fraction of sp³-hybridized carbons (Fsp3) is 0.429. The number of carbonyl (C=O) groups is 1. The molecule has 0 saturated carbocycles. The van der Waals surface area contributed by atoms with Gasteiger partial charge in [0, 0.05) is 16.3 Å². The molecule has 0 spiro atoms. The number of fused-ring (bicyclic) bond motifs is 1. The van der Waals surface area contributed by atoms with Crippen molar-refractivity contribution in [1.29, 1.82) is 0 Å². The Morgan fingerprint density at radius 1 is 1.47 bits per heavy atom. The SMILES string of the molecule is COC(=O)C(CC(C)C)Nc1nccc2sccc12. The highest BCUT2D eigenvalue weighted by Crippen LogP contribution is 2.26. The molecule has 0 radical (unpaired) electrons. The smallest absolute Gasteiger partial charge is 0.328 e. The molecule has 0 aliphatic carbocycles. The van der Waals surface area contributed by atoms with E-state index >= 15 is 0 Å². The van der Waals surface area contributed by atoms with Crippen LogP contribution in [0.3, 0.4) is 0 Å². The molecule has 2 rings (SSSR count). The van der Waals surface area contributed by atoms with Crippen molar-refractivity contribution in [3.63, 3.8) is 0 Å². The zero-order chi connectivity index (χ0) is 13.8. The first kappa shape index (κ1) is 13.8. The molecule has 102 valence electrons. The monoisotopic (exact) mass is 278 g/mol. The van der Waals surface area contributed by atoms with Gasteiger partial charge in [0.05, 0.1) is 7.11 Å². The van der Waals surface area contributed by atoms with Crippen molar-refractivity contribution in [2.45, 2.75) is 26.3 Å². The fourth-order valence-electron chi connectivity index (χ4n) is 2.00. The van der Waals surface area contributed by atoms with E-state index in [0.717, 1.165) is 22.3 Å². The van der Waals surface area contributed by atoms with Crippen LogP contribution in [0.5, 0.6) is 0 Å². The van der Waals surface area contributed by atoms with Crippen LogP contribution in [-0.4, -0.2) is 24.1 Å². The number of pyridine rings is 1. The summed E-state index contributed by atoms with van der Waals surface area (Å²) in [6, 6.07) is 3.63. The predicted molar refractivity (Wildman–Crippen MR) is 78.5 cm³/mol. The molecule has 0 fully saturated rings. The number of nitrogens with one attached hydrogen (secondary N) is 1. The van der Waals surface area contributed by atoms with E-state index in [2.05, 4.69) is 24.1 Å². The first-order valence-corrected chi connectivity index (χ1v) is 7.16. The van der Waals surface area contributed by atoms with Gasteiger partial charge in [-0.2, -0.15) is 0 Å². The Bertz CT molecular complexity index is 565. The molecule has 1 atom stereocenters. The number of ether oxygens (including phenoxy) is 1. The van der Waals surface area contributed by atoms with Crippen LogP contribution in [0.2, 0.25) is 0 Å². The van der Waals surface area contributed by atoms with Gasteiger partial charge in [0.25, 0.3) is 0 Å². The van der Waals surface area contributed by atoms with Crippen molar-refractivity contribution < 1.29 is 9.53 Å². The number of hydrogen-bond donors (Lipinski definition) is 1. The second kappa shape index (κ2) is 6.02. The number of hydrogen-bond acceptors (Lipinski definition) is 5.